The molecule has 4 nitrogen and oxygen atoms in total. The van der Waals surface area contributed by atoms with Crippen LogP contribution >= 0.6 is 0 Å². The predicted octanol–water partition coefficient (Wildman–Crippen LogP) is 11.3. The molecule has 1 aromatic heterocycles. The number of carbonyl (C=O) groups excluding carboxylic acids is 1. The molecule has 0 bridgehead atoms. The van der Waals surface area contributed by atoms with E-state index in [2.05, 4.69) is 73.5 Å². The number of hydrogen-bond donors (Lipinski definition) is 1. The molecule has 0 amide bonds. The van der Waals surface area contributed by atoms with Gasteiger partial charge in [0.05, 0.1) is 17.7 Å². The Kier molecular flexibility index (Phi) is 11.3. The van der Waals surface area contributed by atoms with Crippen LogP contribution in [-0.2, 0) is 24.9 Å². The fourth-order valence-corrected chi connectivity index (χ4v) is 10.5. The van der Waals surface area contributed by atoms with Crippen molar-refractivity contribution >= 4 is 51.9 Å². The van der Waals surface area contributed by atoms with Gasteiger partial charge in [-0.1, -0.05) is 106 Å². The molecule has 1 N–H and O–H groups in total. The SMILES string of the molecule is CCC(CC)C(=O)/C=C(\O)C(CC)CC.Cc1c2c([c-]c3ccccc13)-c1ncc(F)c3cc(C4=Cc5ccccc5[Si]4(C)C)cc(c13)O2.[Ir]. The molecular formula is C43H45FIrNO3Si-. The van der Waals surface area contributed by atoms with E-state index in [-0.39, 0.29) is 49.3 Å². The second-order valence-electron chi connectivity index (χ2n) is 13.7. The van der Waals surface area contributed by atoms with Gasteiger partial charge < -0.3 is 9.84 Å². The second kappa shape index (κ2) is 15.1. The van der Waals surface area contributed by atoms with Gasteiger partial charge in [0.1, 0.15) is 19.6 Å². The van der Waals surface area contributed by atoms with E-state index in [0.717, 1.165) is 70.0 Å². The molecule has 7 rings (SSSR count). The number of pyridine rings is 1. The molecule has 3 heterocycles. The number of carbonyl (C=O) groups is 1. The number of nitrogens with zero attached hydrogens (tertiary/aromatic N) is 1. The fraction of sp³-hybridized carbons (Fsp3) is 0.302. The smallest absolute Gasteiger partial charge is 0.162 e. The Labute approximate surface area is 309 Å². The van der Waals surface area contributed by atoms with Crippen LogP contribution in [-0.4, -0.2) is 23.9 Å². The first-order valence-corrected chi connectivity index (χ1v) is 20.5. The summed E-state index contributed by atoms with van der Waals surface area (Å²) in [6.07, 6.45) is 8.52. The van der Waals surface area contributed by atoms with Crippen LogP contribution in [0.2, 0.25) is 13.1 Å². The molecule has 0 fully saturated rings. The third-order valence-electron chi connectivity index (χ3n) is 10.5. The third-order valence-corrected chi connectivity index (χ3v) is 14.1. The van der Waals surface area contributed by atoms with Gasteiger partial charge in [-0.3, -0.25) is 9.78 Å². The standard InChI is InChI=1S/C30H21FNOSi.C13H24O2.Ir/c1-17-21-10-6-4-8-18(21)12-23-29-28-22(24(31)16-32-29)13-20(14-25(28)33-30(17)23)27-15-19-9-5-7-11-26(19)34(27,2)3;1-5-10(6-2)12(14)9-13(15)11(7-3)8-4;/h4-11,13-16H,1-3H3;9-11,14H,5-8H2,1-4H3;/q-1;;/b;12-9-;. The minimum Gasteiger partial charge on any atom is -0.512 e. The maximum absolute atomic E-state index is 15.2. The van der Waals surface area contributed by atoms with Crippen LogP contribution in [0.15, 0.2) is 78.7 Å². The van der Waals surface area contributed by atoms with Crippen molar-refractivity contribution in [2.45, 2.75) is 73.4 Å². The summed E-state index contributed by atoms with van der Waals surface area (Å²) in [4.78, 5) is 16.2. The number of aliphatic hydroxyl groups is 1. The first-order valence-electron chi connectivity index (χ1n) is 17.5. The van der Waals surface area contributed by atoms with E-state index in [4.69, 9.17) is 4.74 Å². The maximum Gasteiger partial charge on any atom is 0.162 e. The molecule has 0 saturated carbocycles. The second-order valence-corrected chi connectivity index (χ2v) is 18.0. The molecule has 0 atom stereocenters. The molecule has 50 heavy (non-hydrogen) atoms. The van der Waals surface area contributed by atoms with E-state index in [1.807, 2.05) is 52.0 Å². The molecular weight excluding hydrogens is 818 g/mol. The summed E-state index contributed by atoms with van der Waals surface area (Å²) in [5, 5.41) is 15.8. The number of hydrogen-bond acceptors (Lipinski definition) is 4. The van der Waals surface area contributed by atoms with Crippen molar-refractivity contribution in [1.29, 1.82) is 0 Å². The number of aryl methyl sites for hydroxylation is 1. The summed E-state index contributed by atoms with van der Waals surface area (Å²) in [5.41, 5.74) is 4.86. The van der Waals surface area contributed by atoms with Crippen molar-refractivity contribution in [1.82, 2.24) is 4.98 Å². The number of aromatic nitrogens is 1. The predicted molar refractivity (Wildman–Crippen MR) is 204 cm³/mol. The van der Waals surface area contributed by atoms with E-state index >= 15 is 4.39 Å². The van der Waals surface area contributed by atoms with Gasteiger partial charge >= 0.3 is 0 Å². The zero-order chi connectivity index (χ0) is 35.0. The van der Waals surface area contributed by atoms with Crippen LogP contribution in [0.3, 0.4) is 0 Å². The molecule has 4 aromatic carbocycles. The molecule has 2 aliphatic rings. The summed E-state index contributed by atoms with van der Waals surface area (Å²) < 4.78 is 21.7. The number of fused-ring (bicyclic) bond motifs is 4. The minimum atomic E-state index is -1.92. The zero-order valence-corrected chi connectivity index (χ0v) is 33.3. The van der Waals surface area contributed by atoms with E-state index in [1.165, 1.54) is 28.2 Å². The van der Waals surface area contributed by atoms with E-state index in [1.54, 1.807) is 0 Å². The van der Waals surface area contributed by atoms with Gasteiger partial charge in [0.2, 0.25) is 0 Å². The van der Waals surface area contributed by atoms with Crippen molar-refractivity contribution in [2.24, 2.45) is 11.8 Å². The number of benzene rings is 4. The van der Waals surface area contributed by atoms with Crippen LogP contribution in [0.4, 0.5) is 4.39 Å². The van der Waals surface area contributed by atoms with E-state index in [0.29, 0.717) is 11.1 Å². The van der Waals surface area contributed by atoms with Gasteiger partial charge in [0.25, 0.3) is 0 Å². The number of ether oxygens (including phenoxy) is 1. The molecule has 5 aromatic rings. The molecule has 0 aliphatic carbocycles. The average Bonchev–Trinajstić information content (AvgIpc) is 3.38. The first-order chi connectivity index (χ1) is 23.5. The largest absolute Gasteiger partial charge is 0.512 e. The number of aliphatic hydroxyl groups excluding tert-OH is 1. The van der Waals surface area contributed by atoms with Gasteiger partial charge in [-0.15, -0.1) is 17.5 Å². The van der Waals surface area contributed by atoms with Crippen molar-refractivity contribution in [3.05, 3.63) is 107 Å². The Bertz CT molecular complexity index is 2150. The maximum atomic E-state index is 15.2. The van der Waals surface area contributed by atoms with Crippen LogP contribution in [0.5, 0.6) is 11.5 Å². The molecule has 0 unspecified atom stereocenters. The van der Waals surface area contributed by atoms with Crippen LogP contribution in [0.1, 0.15) is 70.1 Å². The van der Waals surface area contributed by atoms with Crippen LogP contribution in [0.25, 0.3) is 44.1 Å². The summed E-state index contributed by atoms with van der Waals surface area (Å²) in [6, 6.07) is 24.3. The van der Waals surface area contributed by atoms with Crippen molar-refractivity contribution < 1.29 is 39.1 Å². The zero-order valence-electron chi connectivity index (χ0n) is 29.9. The molecule has 0 saturated heterocycles. The number of ketones is 1. The van der Waals surface area contributed by atoms with Crippen molar-refractivity contribution in [3.8, 4) is 22.8 Å². The molecule has 7 heteroatoms. The van der Waals surface area contributed by atoms with Crippen LogP contribution < -0.4 is 9.92 Å². The topological polar surface area (TPSA) is 59.4 Å². The monoisotopic (exact) mass is 863 g/mol. The summed E-state index contributed by atoms with van der Waals surface area (Å²) in [5.74, 6) is 1.63. The van der Waals surface area contributed by atoms with Gasteiger partial charge in [0, 0.05) is 54.5 Å². The number of rotatable bonds is 8. The Morgan fingerprint density at radius 1 is 0.960 bits per heavy atom. The summed E-state index contributed by atoms with van der Waals surface area (Å²) in [7, 11) is -1.92. The quantitative estimate of drug-likeness (QED) is 0.0717. The summed E-state index contributed by atoms with van der Waals surface area (Å²) in [6.45, 7) is 14.9. The van der Waals surface area contributed by atoms with Crippen molar-refractivity contribution in [3.63, 3.8) is 0 Å². The Hall–Kier alpha value is -3.90. The fourth-order valence-electron chi connectivity index (χ4n) is 7.45. The molecule has 0 spiro atoms. The van der Waals surface area contributed by atoms with Crippen LogP contribution in [0, 0.1) is 30.6 Å². The molecule has 261 valence electrons. The number of allylic oxidation sites excluding steroid dienone is 2. The Balaban J connectivity index is 0.000000261. The summed E-state index contributed by atoms with van der Waals surface area (Å²) >= 11 is 0. The van der Waals surface area contributed by atoms with Gasteiger partial charge in [-0.2, -0.15) is 0 Å². The van der Waals surface area contributed by atoms with Gasteiger partial charge in [-0.25, -0.2) is 4.39 Å². The van der Waals surface area contributed by atoms with E-state index in [9.17, 15) is 9.90 Å². The normalized spacial score (nSPS) is 14.0. The third kappa shape index (κ3) is 6.64. The molecule has 1 radical (unpaired) electrons. The van der Waals surface area contributed by atoms with Gasteiger partial charge in [0.15, 0.2) is 5.78 Å². The first kappa shape index (κ1) is 37.4. The number of halogens is 1. The average molecular weight is 863 g/mol. The molecule has 2 aliphatic heterocycles. The minimum absolute atomic E-state index is 0. The Morgan fingerprint density at radius 3 is 2.30 bits per heavy atom. The Morgan fingerprint density at radius 2 is 1.62 bits per heavy atom. The van der Waals surface area contributed by atoms with Crippen molar-refractivity contribution in [2.75, 3.05) is 0 Å². The van der Waals surface area contributed by atoms with Gasteiger partial charge in [-0.05, 0) is 66.2 Å². The van der Waals surface area contributed by atoms with E-state index < -0.39 is 8.07 Å².